The minimum atomic E-state index is 0.0150. The molecule has 2 nitrogen and oxygen atoms in total. The largest absolute Gasteiger partial charge is 0.393 e. The molecule has 0 amide bonds. The topological polar surface area (TPSA) is 23.5 Å². The van der Waals surface area contributed by atoms with Gasteiger partial charge in [-0.25, -0.2) is 0 Å². The Bertz CT molecular complexity index is 214. The molecule has 2 heterocycles. The second-order valence-electron chi connectivity index (χ2n) is 5.18. The van der Waals surface area contributed by atoms with Crippen molar-refractivity contribution in [3.8, 4) is 0 Å². The van der Waals surface area contributed by atoms with Gasteiger partial charge in [-0.15, -0.1) is 0 Å². The number of fused-ring (bicyclic) bond motifs is 2. The van der Waals surface area contributed by atoms with Gasteiger partial charge in [0.25, 0.3) is 0 Å². The van der Waals surface area contributed by atoms with Crippen LogP contribution in [0.2, 0.25) is 0 Å². The lowest BCUT2D eigenvalue weighted by Gasteiger charge is -2.41. The molecule has 0 aromatic rings. The molecule has 2 bridgehead atoms. The molecule has 3 fully saturated rings. The standard InChI is InChI=1S/C11H19NO/c1-12-8-4-5-9(12)11(7-2-3-7)10(13)6-8/h7-11,13H,2-6H2,1H3. The number of aliphatic hydroxyl groups excluding tert-OH is 1. The summed E-state index contributed by atoms with van der Waals surface area (Å²) >= 11 is 0. The zero-order valence-electron chi connectivity index (χ0n) is 8.32. The van der Waals surface area contributed by atoms with Gasteiger partial charge in [-0.1, -0.05) is 0 Å². The number of rotatable bonds is 1. The Morgan fingerprint density at radius 2 is 1.92 bits per heavy atom. The van der Waals surface area contributed by atoms with E-state index >= 15 is 0 Å². The van der Waals surface area contributed by atoms with Crippen LogP contribution in [-0.2, 0) is 0 Å². The third kappa shape index (κ3) is 1.15. The molecular weight excluding hydrogens is 162 g/mol. The SMILES string of the molecule is CN1C2CCC1C(C1CC1)C(O)C2. The molecule has 1 N–H and O–H groups in total. The quantitative estimate of drug-likeness (QED) is 0.658. The van der Waals surface area contributed by atoms with Crippen molar-refractivity contribution in [3.63, 3.8) is 0 Å². The van der Waals surface area contributed by atoms with Gasteiger partial charge in [0.05, 0.1) is 6.10 Å². The molecule has 2 heteroatoms. The van der Waals surface area contributed by atoms with E-state index in [1.54, 1.807) is 0 Å². The minimum Gasteiger partial charge on any atom is -0.393 e. The van der Waals surface area contributed by atoms with Crippen LogP contribution >= 0.6 is 0 Å². The van der Waals surface area contributed by atoms with Gasteiger partial charge in [0.15, 0.2) is 0 Å². The van der Waals surface area contributed by atoms with Crippen LogP contribution in [0.1, 0.15) is 32.1 Å². The van der Waals surface area contributed by atoms with Gasteiger partial charge in [0.2, 0.25) is 0 Å². The van der Waals surface area contributed by atoms with E-state index in [2.05, 4.69) is 11.9 Å². The van der Waals surface area contributed by atoms with Crippen molar-refractivity contribution < 1.29 is 5.11 Å². The van der Waals surface area contributed by atoms with E-state index in [0.717, 1.165) is 12.3 Å². The van der Waals surface area contributed by atoms with Gasteiger partial charge in [0.1, 0.15) is 0 Å². The Hall–Kier alpha value is -0.0800. The number of hydrogen-bond acceptors (Lipinski definition) is 2. The molecule has 2 saturated heterocycles. The maximum absolute atomic E-state index is 10.1. The van der Waals surface area contributed by atoms with Gasteiger partial charge in [-0.2, -0.15) is 0 Å². The molecule has 0 spiro atoms. The molecule has 74 valence electrons. The summed E-state index contributed by atoms with van der Waals surface area (Å²) < 4.78 is 0. The molecule has 4 unspecified atom stereocenters. The van der Waals surface area contributed by atoms with E-state index in [4.69, 9.17) is 0 Å². The number of hydrogen-bond donors (Lipinski definition) is 1. The fraction of sp³-hybridized carbons (Fsp3) is 1.00. The van der Waals surface area contributed by atoms with Crippen molar-refractivity contribution in [3.05, 3.63) is 0 Å². The zero-order chi connectivity index (χ0) is 9.00. The minimum absolute atomic E-state index is 0.0150. The van der Waals surface area contributed by atoms with Crippen molar-refractivity contribution in [1.29, 1.82) is 0 Å². The van der Waals surface area contributed by atoms with Crippen LogP contribution in [0.4, 0.5) is 0 Å². The van der Waals surface area contributed by atoms with Gasteiger partial charge < -0.3 is 5.11 Å². The second-order valence-corrected chi connectivity index (χ2v) is 5.18. The summed E-state index contributed by atoms with van der Waals surface area (Å²) in [6, 6.07) is 1.40. The summed E-state index contributed by atoms with van der Waals surface area (Å²) in [6.07, 6.45) is 6.45. The maximum atomic E-state index is 10.1. The number of nitrogens with zero attached hydrogens (tertiary/aromatic N) is 1. The predicted molar refractivity (Wildman–Crippen MR) is 51.4 cm³/mol. The van der Waals surface area contributed by atoms with Crippen LogP contribution in [0.15, 0.2) is 0 Å². The molecule has 1 aliphatic carbocycles. The molecular formula is C11H19NO. The average molecular weight is 181 g/mol. The Labute approximate surface area is 79.9 Å². The predicted octanol–water partition coefficient (Wildman–Crippen LogP) is 1.24. The molecule has 0 aromatic heterocycles. The van der Waals surface area contributed by atoms with Crippen LogP contribution in [0, 0.1) is 11.8 Å². The van der Waals surface area contributed by atoms with Gasteiger partial charge >= 0.3 is 0 Å². The van der Waals surface area contributed by atoms with E-state index in [1.165, 1.54) is 25.7 Å². The smallest absolute Gasteiger partial charge is 0.0600 e. The van der Waals surface area contributed by atoms with Crippen LogP contribution in [0.25, 0.3) is 0 Å². The Kier molecular flexibility index (Phi) is 1.72. The first kappa shape index (κ1) is 8.25. The molecule has 0 radical (unpaired) electrons. The first-order valence-corrected chi connectivity index (χ1v) is 5.67. The van der Waals surface area contributed by atoms with Crippen LogP contribution in [0.5, 0.6) is 0 Å². The third-order valence-corrected chi connectivity index (χ3v) is 4.46. The molecule has 4 atom stereocenters. The lowest BCUT2D eigenvalue weighted by atomic mass is 9.84. The van der Waals surface area contributed by atoms with Gasteiger partial charge in [-0.3, -0.25) is 4.90 Å². The second kappa shape index (κ2) is 2.71. The highest BCUT2D eigenvalue weighted by atomic mass is 16.3. The fourth-order valence-corrected chi connectivity index (χ4v) is 3.59. The van der Waals surface area contributed by atoms with Gasteiger partial charge in [0, 0.05) is 18.0 Å². The Morgan fingerprint density at radius 3 is 2.62 bits per heavy atom. The Balaban J connectivity index is 1.84. The fourth-order valence-electron chi connectivity index (χ4n) is 3.59. The summed E-state index contributed by atoms with van der Waals surface area (Å²) in [7, 11) is 2.25. The molecule has 1 saturated carbocycles. The first-order chi connectivity index (χ1) is 6.27. The zero-order valence-corrected chi connectivity index (χ0v) is 8.32. The van der Waals surface area contributed by atoms with Crippen molar-refractivity contribution >= 4 is 0 Å². The molecule has 2 aliphatic heterocycles. The van der Waals surface area contributed by atoms with Gasteiger partial charge in [-0.05, 0) is 45.1 Å². The van der Waals surface area contributed by atoms with Crippen LogP contribution in [-0.4, -0.2) is 35.2 Å². The maximum Gasteiger partial charge on any atom is 0.0600 e. The average Bonchev–Trinajstić information content (AvgIpc) is 2.84. The Morgan fingerprint density at radius 1 is 1.15 bits per heavy atom. The van der Waals surface area contributed by atoms with E-state index in [9.17, 15) is 5.11 Å². The normalized spacial score (nSPS) is 51.2. The van der Waals surface area contributed by atoms with Crippen LogP contribution in [0.3, 0.4) is 0 Å². The van der Waals surface area contributed by atoms with Crippen molar-refractivity contribution in [2.45, 2.75) is 50.3 Å². The number of aliphatic hydroxyl groups is 1. The summed E-state index contributed by atoms with van der Waals surface area (Å²) in [5, 5.41) is 10.1. The summed E-state index contributed by atoms with van der Waals surface area (Å²) in [4.78, 5) is 2.54. The molecule has 13 heavy (non-hydrogen) atoms. The van der Waals surface area contributed by atoms with E-state index in [1.807, 2.05) is 0 Å². The summed E-state index contributed by atoms with van der Waals surface area (Å²) in [5.74, 6) is 1.48. The van der Waals surface area contributed by atoms with Crippen LogP contribution < -0.4 is 0 Å². The highest BCUT2D eigenvalue weighted by Crippen LogP contribution is 2.49. The summed E-state index contributed by atoms with van der Waals surface area (Å²) in [6.45, 7) is 0. The summed E-state index contributed by atoms with van der Waals surface area (Å²) in [5.41, 5.74) is 0. The monoisotopic (exact) mass is 181 g/mol. The molecule has 0 aromatic carbocycles. The molecule has 3 rings (SSSR count). The first-order valence-electron chi connectivity index (χ1n) is 5.67. The van der Waals surface area contributed by atoms with Crippen molar-refractivity contribution in [1.82, 2.24) is 4.90 Å². The lowest BCUT2D eigenvalue weighted by Crippen LogP contribution is -2.49. The van der Waals surface area contributed by atoms with Crippen molar-refractivity contribution in [2.75, 3.05) is 7.05 Å². The van der Waals surface area contributed by atoms with E-state index in [0.29, 0.717) is 18.0 Å². The lowest BCUT2D eigenvalue weighted by molar-refractivity contribution is -0.0165. The van der Waals surface area contributed by atoms with E-state index < -0.39 is 0 Å². The van der Waals surface area contributed by atoms with E-state index in [-0.39, 0.29) is 6.10 Å². The number of piperidine rings is 1. The van der Waals surface area contributed by atoms with Crippen molar-refractivity contribution in [2.24, 2.45) is 11.8 Å². The third-order valence-electron chi connectivity index (χ3n) is 4.46. The molecule has 3 aliphatic rings. The highest BCUT2D eigenvalue weighted by molar-refractivity contribution is 5.03. The highest BCUT2D eigenvalue weighted by Gasteiger charge is 2.50.